The number of hydrogen-bond acceptors (Lipinski definition) is 7. The first kappa shape index (κ1) is 45.2. The van der Waals surface area contributed by atoms with E-state index in [4.69, 9.17) is 25.8 Å². The van der Waals surface area contributed by atoms with Crippen LogP contribution in [0.5, 0.6) is 0 Å². The molecule has 0 unspecified atom stereocenters. The van der Waals surface area contributed by atoms with Crippen molar-refractivity contribution in [3.05, 3.63) is 0 Å². The van der Waals surface area contributed by atoms with Crippen molar-refractivity contribution in [1.82, 2.24) is 5.32 Å². The first-order valence-corrected chi connectivity index (χ1v) is 19.8. The molecule has 0 rings (SSSR count). The Labute approximate surface area is 292 Å². The predicted octanol–water partition coefficient (Wildman–Crippen LogP) is 10.9. The number of rotatable bonds is 34. The first-order valence-electron chi connectivity index (χ1n) is 19.3. The molecule has 0 aliphatic carbocycles. The SMILES string of the molecule is CCCCCCCCCCCCCCCC(=O)OC[C@H](COC(=O)NC(=O)CCl)OC(=O)CCCCCCCCCCCCCCC. The van der Waals surface area contributed by atoms with E-state index in [-0.39, 0.29) is 31.5 Å². The third-order valence-electron chi connectivity index (χ3n) is 8.46. The minimum absolute atomic E-state index is 0.210. The van der Waals surface area contributed by atoms with Crippen LogP contribution in [-0.2, 0) is 28.6 Å². The number of imide groups is 1. The number of amides is 2. The third-order valence-corrected chi connectivity index (χ3v) is 8.70. The molecule has 0 saturated carbocycles. The maximum absolute atomic E-state index is 12.5. The van der Waals surface area contributed by atoms with Gasteiger partial charge in [0.2, 0.25) is 5.91 Å². The Bertz CT molecular complexity index is 764. The molecule has 0 fully saturated rings. The molecule has 0 aromatic carbocycles. The van der Waals surface area contributed by atoms with E-state index in [0.29, 0.717) is 12.8 Å². The van der Waals surface area contributed by atoms with Gasteiger partial charge in [-0.2, -0.15) is 0 Å². The minimum atomic E-state index is -0.994. The van der Waals surface area contributed by atoms with Crippen LogP contribution in [0.4, 0.5) is 4.79 Å². The molecule has 8 nitrogen and oxygen atoms in total. The van der Waals surface area contributed by atoms with E-state index in [0.717, 1.165) is 32.1 Å². The number of nitrogens with one attached hydrogen (secondary N) is 1. The molecule has 276 valence electrons. The summed E-state index contributed by atoms with van der Waals surface area (Å²) < 4.78 is 15.8. The Kier molecular flexibility index (Phi) is 34.1. The highest BCUT2D eigenvalue weighted by Crippen LogP contribution is 2.15. The molecule has 0 bridgehead atoms. The number of ether oxygens (including phenoxy) is 3. The molecule has 0 heterocycles. The fraction of sp³-hybridized carbons (Fsp3) is 0.895. The molecule has 9 heteroatoms. The summed E-state index contributed by atoms with van der Waals surface area (Å²) in [6.45, 7) is 3.95. The fourth-order valence-electron chi connectivity index (χ4n) is 5.55. The van der Waals surface area contributed by atoms with Crippen molar-refractivity contribution >= 4 is 35.5 Å². The Hall–Kier alpha value is -1.83. The zero-order valence-electron chi connectivity index (χ0n) is 30.2. The van der Waals surface area contributed by atoms with E-state index in [1.165, 1.54) is 128 Å². The van der Waals surface area contributed by atoms with Gasteiger partial charge in [-0.05, 0) is 12.8 Å². The second-order valence-electron chi connectivity index (χ2n) is 13.1. The lowest BCUT2D eigenvalue weighted by molar-refractivity contribution is -0.161. The summed E-state index contributed by atoms with van der Waals surface area (Å²) in [4.78, 5) is 48.0. The van der Waals surface area contributed by atoms with Gasteiger partial charge in [0, 0.05) is 12.8 Å². The molecule has 1 N–H and O–H groups in total. The molecule has 0 radical (unpaired) electrons. The van der Waals surface area contributed by atoms with Gasteiger partial charge in [0.15, 0.2) is 6.10 Å². The Morgan fingerprint density at radius 3 is 1.21 bits per heavy atom. The standard InChI is InChI=1S/C38H70ClNO7/c1-3-5-7-9-11-13-15-17-19-21-23-25-27-29-36(42)45-32-34(33-46-38(44)40-35(41)31-39)47-37(43)30-28-26-24-22-20-18-16-14-12-10-8-6-4-2/h34H,3-33H2,1-2H3,(H,40,41,44)/t34-/m1/s1. The molecule has 0 aromatic heterocycles. The summed E-state index contributed by atoms with van der Waals surface area (Å²) in [7, 11) is 0. The van der Waals surface area contributed by atoms with Gasteiger partial charge in [0.25, 0.3) is 0 Å². The van der Waals surface area contributed by atoms with Gasteiger partial charge >= 0.3 is 18.0 Å². The highest BCUT2D eigenvalue weighted by atomic mass is 35.5. The van der Waals surface area contributed by atoms with Gasteiger partial charge in [-0.1, -0.05) is 168 Å². The summed E-state index contributed by atoms with van der Waals surface area (Å²) in [5, 5.41) is 1.97. The van der Waals surface area contributed by atoms with E-state index in [1.54, 1.807) is 0 Å². The Morgan fingerprint density at radius 1 is 0.489 bits per heavy atom. The van der Waals surface area contributed by atoms with E-state index >= 15 is 0 Å². The number of alkyl halides is 1. The van der Waals surface area contributed by atoms with Crippen LogP contribution in [0.15, 0.2) is 0 Å². The fourth-order valence-corrected chi connectivity index (χ4v) is 5.61. The van der Waals surface area contributed by atoms with Crippen molar-refractivity contribution in [3.8, 4) is 0 Å². The number of unbranched alkanes of at least 4 members (excludes halogenated alkanes) is 24. The van der Waals surface area contributed by atoms with Gasteiger partial charge in [-0.25, -0.2) is 4.79 Å². The van der Waals surface area contributed by atoms with Crippen LogP contribution in [-0.4, -0.2) is 49.1 Å². The van der Waals surface area contributed by atoms with Crippen molar-refractivity contribution in [2.75, 3.05) is 19.1 Å². The number of carbonyl (C=O) groups excluding carboxylic acids is 4. The highest BCUT2D eigenvalue weighted by Gasteiger charge is 2.20. The topological polar surface area (TPSA) is 108 Å². The molecular weight excluding hydrogens is 618 g/mol. The molecule has 2 amide bonds. The zero-order valence-corrected chi connectivity index (χ0v) is 31.0. The lowest BCUT2D eigenvalue weighted by Crippen LogP contribution is -2.36. The van der Waals surface area contributed by atoms with E-state index in [9.17, 15) is 19.2 Å². The van der Waals surface area contributed by atoms with Crippen LogP contribution in [0.2, 0.25) is 0 Å². The maximum Gasteiger partial charge on any atom is 0.414 e. The number of halogens is 1. The zero-order chi connectivity index (χ0) is 34.6. The van der Waals surface area contributed by atoms with Gasteiger partial charge in [0.05, 0.1) is 0 Å². The first-order chi connectivity index (χ1) is 22.9. The lowest BCUT2D eigenvalue weighted by atomic mass is 10.0. The summed E-state index contributed by atoms with van der Waals surface area (Å²) in [5.74, 6) is -1.88. The second kappa shape index (κ2) is 35.5. The van der Waals surface area contributed by atoms with E-state index in [2.05, 4.69) is 13.8 Å². The van der Waals surface area contributed by atoms with Crippen LogP contribution in [0, 0.1) is 0 Å². The monoisotopic (exact) mass is 687 g/mol. The Morgan fingerprint density at radius 2 is 0.830 bits per heavy atom. The molecule has 47 heavy (non-hydrogen) atoms. The Balaban J connectivity index is 4.15. The van der Waals surface area contributed by atoms with Crippen LogP contribution >= 0.6 is 11.6 Å². The van der Waals surface area contributed by atoms with E-state index < -0.39 is 24.1 Å². The van der Waals surface area contributed by atoms with Gasteiger partial charge in [0.1, 0.15) is 19.1 Å². The number of alkyl carbamates (subject to hydrolysis) is 1. The smallest absolute Gasteiger partial charge is 0.414 e. The minimum Gasteiger partial charge on any atom is -0.462 e. The van der Waals surface area contributed by atoms with Crippen LogP contribution in [0.1, 0.15) is 194 Å². The molecular formula is C38H70ClNO7. The van der Waals surface area contributed by atoms with Crippen molar-refractivity contribution in [2.45, 2.75) is 200 Å². The average molecular weight is 688 g/mol. The molecule has 0 saturated heterocycles. The van der Waals surface area contributed by atoms with Crippen LogP contribution in [0.3, 0.4) is 0 Å². The molecule has 0 spiro atoms. The van der Waals surface area contributed by atoms with Crippen LogP contribution in [0.25, 0.3) is 0 Å². The quantitative estimate of drug-likeness (QED) is 0.0310. The number of carbonyl (C=O) groups is 4. The molecule has 0 aliphatic heterocycles. The normalized spacial score (nSPS) is 11.6. The van der Waals surface area contributed by atoms with E-state index in [1.807, 2.05) is 5.32 Å². The van der Waals surface area contributed by atoms with Crippen molar-refractivity contribution in [2.24, 2.45) is 0 Å². The molecule has 1 atom stereocenters. The average Bonchev–Trinajstić information content (AvgIpc) is 3.06. The van der Waals surface area contributed by atoms with Gasteiger partial charge in [-0.3, -0.25) is 19.7 Å². The lowest BCUT2D eigenvalue weighted by Gasteiger charge is -2.18. The highest BCUT2D eigenvalue weighted by molar-refractivity contribution is 6.28. The van der Waals surface area contributed by atoms with Gasteiger partial charge in [-0.15, -0.1) is 11.6 Å². The maximum atomic E-state index is 12.5. The summed E-state index contributed by atoms with van der Waals surface area (Å²) in [5.41, 5.74) is 0. The third kappa shape index (κ3) is 33.9. The summed E-state index contributed by atoms with van der Waals surface area (Å²) in [6, 6.07) is 0. The van der Waals surface area contributed by atoms with Crippen molar-refractivity contribution < 1.29 is 33.4 Å². The van der Waals surface area contributed by atoms with Gasteiger partial charge < -0.3 is 14.2 Å². The van der Waals surface area contributed by atoms with Crippen molar-refractivity contribution in [1.29, 1.82) is 0 Å². The second-order valence-corrected chi connectivity index (χ2v) is 13.3. The largest absolute Gasteiger partial charge is 0.462 e. The molecule has 0 aliphatic rings. The van der Waals surface area contributed by atoms with Crippen LogP contribution < -0.4 is 5.32 Å². The number of esters is 2. The summed E-state index contributed by atoms with van der Waals surface area (Å²) in [6.07, 6.45) is 30.3. The summed E-state index contributed by atoms with van der Waals surface area (Å²) >= 11 is 5.41. The predicted molar refractivity (Wildman–Crippen MR) is 192 cm³/mol. The number of hydrogen-bond donors (Lipinski definition) is 1. The molecule has 0 aromatic rings. The van der Waals surface area contributed by atoms with Crippen molar-refractivity contribution in [3.63, 3.8) is 0 Å².